The zero-order valence-electron chi connectivity index (χ0n) is 12.4. The third kappa shape index (κ3) is 4.07. The molecular weight excluding hydrogens is 349 g/mol. The van der Waals surface area contributed by atoms with Gasteiger partial charge in [-0.3, -0.25) is 4.79 Å². The first-order valence-corrected chi connectivity index (χ1v) is 7.78. The second-order valence-corrected chi connectivity index (χ2v) is 5.75. The highest BCUT2D eigenvalue weighted by atomic mass is 79.9. The molecule has 0 saturated heterocycles. The highest BCUT2D eigenvalue weighted by molar-refractivity contribution is 9.10. The predicted molar refractivity (Wildman–Crippen MR) is 88.6 cm³/mol. The van der Waals surface area contributed by atoms with Crippen molar-refractivity contribution in [2.75, 3.05) is 5.32 Å². The van der Waals surface area contributed by atoms with E-state index in [1.54, 1.807) is 18.2 Å². The molecule has 0 spiro atoms. The van der Waals surface area contributed by atoms with Gasteiger partial charge < -0.3 is 10.1 Å². The molecule has 0 radical (unpaired) electrons. The molecule has 3 nitrogen and oxygen atoms in total. The topological polar surface area (TPSA) is 38.3 Å². The summed E-state index contributed by atoms with van der Waals surface area (Å²) >= 11 is 3.41. The summed E-state index contributed by atoms with van der Waals surface area (Å²) < 4.78 is 20.1. The Labute approximate surface area is 137 Å². The Bertz CT molecular complexity index is 675. The Morgan fingerprint density at radius 2 is 2.05 bits per heavy atom. The van der Waals surface area contributed by atoms with Gasteiger partial charge in [-0.1, -0.05) is 35.0 Å². The lowest BCUT2D eigenvalue weighted by atomic mass is 10.2. The van der Waals surface area contributed by atoms with Crippen LogP contribution in [0.25, 0.3) is 0 Å². The molecule has 5 heteroatoms. The molecule has 0 aromatic heterocycles. The van der Waals surface area contributed by atoms with Gasteiger partial charge in [0.25, 0.3) is 5.91 Å². The van der Waals surface area contributed by atoms with E-state index in [0.717, 1.165) is 10.0 Å². The first-order chi connectivity index (χ1) is 10.5. The average molecular weight is 366 g/mol. The van der Waals surface area contributed by atoms with E-state index in [1.807, 2.05) is 26.0 Å². The first kappa shape index (κ1) is 16.5. The summed E-state index contributed by atoms with van der Waals surface area (Å²) in [5.41, 5.74) is 1.70. The fourth-order valence-electron chi connectivity index (χ4n) is 1.96. The quantitative estimate of drug-likeness (QED) is 0.834. The highest BCUT2D eigenvalue weighted by Crippen LogP contribution is 2.22. The molecule has 1 amide bonds. The number of rotatable bonds is 5. The first-order valence-electron chi connectivity index (χ1n) is 6.99. The van der Waals surface area contributed by atoms with Crippen molar-refractivity contribution in [2.24, 2.45) is 0 Å². The number of aryl methyl sites for hydroxylation is 1. The minimum absolute atomic E-state index is 0.0801. The maximum Gasteiger partial charge on any atom is 0.265 e. The molecule has 0 unspecified atom stereocenters. The van der Waals surface area contributed by atoms with Gasteiger partial charge in [-0.25, -0.2) is 4.39 Å². The Morgan fingerprint density at radius 3 is 2.68 bits per heavy atom. The zero-order chi connectivity index (χ0) is 16.1. The van der Waals surface area contributed by atoms with E-state index < -0.39 is 11.9 Å². The summed E-state index contributed by atoms with van der Waals surface area (Å²) in [6.07, 6.45) is -0.309. The normalized spacial score (nSPS) is 11.8. The fourth-order valence-corrected chi connectivity index (χ4v) is 2.21. The molecule has 22 heavy (non-hydrogen) atoms. The van der Waals surface area contributed by atoms with Gasteiger partial charge in [-0.15, -0.1) is 0 Å². The molecule has 1 N–H and O–H groups in total. The van der Waals surface area contributed by atoms with Crippen molar-refractivity contribution in [2.45, 2.75) is 26.4 Å². The molecule has 0 fully saturated rings. The van der Waals surface area contributed by atoms with Gasteiger partial charge in [-0.2, -0.15) is 0 Å². The van der Waals surface area contributed by atoms with Crippen LogP contribution in [0.4, 0.5) is 10.1 Å². The van der Waals surface area contributed by atoms with E-state index in [9.17, 15) is 9.18 Å². The molecule has 0 heterocycles. The second kappa shape index (κ2) is 7.40. The van der Waals surface area contributed by atoms with E-state index in [-0.39, 0.29) is 11.7 Å². The minimum Gasteiger partial charge on any atom is -0.478 e. The van der Waals surface area contributed by atoms with Crippen molar-refractivity contribution in [3.8, 4) is 5.75 Å². The number of halogens is 2. The van der Waals surface area contributed by atoms with Crippen molar-refractivity contribution in [1.82, 2.24) is 0 Å². The molecule has 0 aliphatic carbocycles. The molecule has 0 aliphatic heterocycles. The maximum atomic E-state index is 13.6. The molecule has 0 aliphatic rings. The van der Waals surface area contributed by atoms with Crippen LogP contribution < -0.4 is 10.1 Å². The number of carbonyl (C=O) groups excluding carboxylic acids is 1. The van der Waals surface area contributed by atoms with Gasteiger partial charge in [0.05, 0.1) is 0 Å². The Hall–Kier alpha value is -1.88. The molecule has 2 rings (SSSR count). The predicted octanol–water partition coefficient (Wildman–Crippen LogP) is 4.69. The van der Waals surface area contributed by atoms with Crippen LogP contribution in [0.1, 0.15) is 18.9 Å². The molecule has 116 valence electrons. The number of anilines is 1. The number of hydrogen-bond acceptors (Lipinski definition) is 2. The van der Waals surface area contributed by atoms with Crippen LogP contribution in [-0.2, 0) is 4.79 Å². The Balaban J connectivity index is 2.08. The van der Waals surface area contributed by atoms with Gasteiger partial charge in [0.1, 0.15) is 0 Å². The summed E-state index contributed by atoms with van der Waals surface area (Å²) in [4.78, 5) is 12.3. The van der Waals surface area contributed by atoms with Gasteiger partial charge >= 0.3 is 0 Å². The smallest absolute Gasteiger partial charge is 0.265 e. The van der Waals surface area contributed by atoms with Gasteiger partial charge in [0.15, 0.2) is 17.7 Å². The molecule has 2 aromatic rings. The van der Waals surface area contributed by atoms with Gasteiger partial charge in [-0.05, 0) is 49.2 Å². The monoisotopic (exact) mass is 365 g/mol. The number of para-hydroxylation sites is 1. The highest BCUT2D eigenvalue weighted by Gasteiger charge is 2.20. The van der Waals surface area contributed by atoms with Crippen LogP contribution in [0.2, 0.25) is 0 Å². The van der Waals surface area contributed by atoms with Crippen molar-refractivity contribution < 1.29 is 13.9 Å². The standard InChI is InChI=1S/C17H17BrFNO2/c1-3-15(22-16-7-5-4-6-14(16)19)17(21)20-12-8-9-13(18)11(2)10-12/h4-10,15H,3H2,1-2H3,(H,20,21)/t15-/m1/s1. The molecule has 1 atom stereocenters. The number of amides is 1. The third-order valence-electron chi connectivity index (χ3n) is 3.19. The van der Waals surface area contributed by atoms with Crippen molar-refractivity contribution in [3.05, 3.63) is 58.3 Å². The van der Waals surface area contributed by atoms with E-state index >= 15 is 0 Å². The number of carbonyl (C=O) groups is 1. The largest absolute Gasteiger partial charge is 0.478 e. The minimum atomic E-state index is -0.749. The number of hydrogen-bond donors (Lipinski definition) is 1. The van der Waals surface area contributed by atoms with Crippen LogP contribution in [-0.4, -0.2) is 12.0 Å². The summed E-state index contributed by atoms with van der Waals surface area (Å²) in [6.45, 7) is 3.75. The summed E-state index contributed by atoms with van der Waals surface area (Å²) in [6, 6.07) is 11.6. The van der Waals surface area contributed by atoms with Crippen molar-refractivity contribution >= 4 is 27.5 Å². The number of nitrogens with one attached hydrogen (secondary N) is 1. The van der Waals surface area contributed by atoms with E-state index in [0.29, 0.717) is 12.1 Å². The van der Waals surface area contributed by atoms with Crippen LogP contribution >= 0.6 is 15.9 Å². The van der Waals surface area contributed by atoms with E-state index in [1.165, 1.54) is 12.1 Å². The number of benzene rings is 2. The Morgan fingerprint density at radius 1 is 1.32 bits per heavy atom. The maximum absolute atomic E-state index is 13.6. The molecule has 2 aromatic carbocycles. The lowest BCUT2D eigenvalue weighted by molar-refractivity contribution is -0.122. The van der Waals surface area contributed by atoms with Crippen molar-refractivity contribution in [3.63, 3.8) is 0 Å². The van der Waals surface area contributed by atoms with Gasteiger partial charge in [0.2, 0.25) is 0 Å². The van der Waals surface area contributed by atoms with Gasteiger partial charge in [0, 0.05) is 10.2 Å². The van der Waals surface area contributed by atoms with Crippen LogP contribution in [0.15, 0.2) is 46.9 Å². The molecular formula is C17H17BrFNO2. The second-order valence-electron chi connectivity index (χ2n) is 4.90. The average Bonchev–Trinajstić information content (AvgIpc) is 2.50. The van der Waals surface area contributed by atoms with Crippen LogP contribution in [0, 0.1) is 12.7 Å². The summed E-state index contributed by atoms with van der Waals surface area (Å²) in [7, 11) is 0. The lowest BCUT2D eigenvalue weighted by Gasteiger charge is -2.18. The fraction of sp³-hybridized carbons (Fsp3) is 0.235. The third-order valence-corrected chi connectivity index (χ3v) is 4.08. The van der Waals surface area contributed by atoms with Crippen LogP contribution in [0.3, 0.4) is 0 Å². The summed E-state index contributed by atoms with van der Waals surface area (Å²) in [5.74, 6) is -0.697. The zero-order valence-corrected chi connectivity index (χ0v) is 14.0. The SMILES string of the molecule is CC[C@@H](Oc1ccccc1F)C(=O)Nc1ccc(Br)c(C)c1. The lowest BCUT2D eigenvalue weighted by Crippen LogP contribution is -2.32. The van der Waals surface area contributed by atoms with Crippen LogP contribution in [0.5, 0.6) is 5.75 Å². The van der Waals surface area contributed by atoms with E-state index in [2.05, 4.69) is 21.2 Å². The molecule has 0 bridgehead atoms. The molecule has 0 saturated carbocycles. The van der Waals surface area contributed by atoms with Crippen molar-refractivity contribution in [1.29, 1.82) is 0 Å². The van der Waals surface area contributed by atoms with E-state index in [4.69, 9.17) is 4.74 Å². The number of ether oxygens (including phenoxy) is 1. The summed E-state index contributed by atoms with van der Waals surface area (Å²) in [5, 5.41) is 2.79. The Kier molecular flexibility index (Phi) is 5.55.